The first-order chi connectivity index (χ1) is 8.65. The van der Waals surface area contributed by atoms with Crippen LogP contribution in [0.2, 0.25) is 0 Å². The molecule has 1 heterocycles. The Morgan fingerprint density at radius 2 is 2.39 bits per heavy atom. The Balaban J connectivity index is 2.29. The van der Waals surface area contributed by atoms with Crippen LogP contribution in [0.5, 0.6) is 0 Å². The number of hydrogen-bond donors (Lipinski definition) is 0. The smallest absolute Gasteiger partial charge is 0.276 e. The van der Waals surface area contributed by atoms with Crippen molar-refractivity contribution in [3.05, 3.63) is 40.5 Å². The number of rotatable bonds is 3. The fraction of sp³-hybridized carbons (Fsp3) is 0.308. The number of hydrogen-bond acceptors (Lipinski definition) is 4. The van der Waals surface area contributed by atoms with Crippen LogP contribution >= 0.6 is 0 Å². The van der Waals surface area contributed by atoms with E-state index in [9.17, 15) is 10.1 Å². The van der Waals surface area contributed by atoms with E-state index >= 15 is 0 Å². The van der Waals surface area contributed by atoms with Crippen molar-refractivity contribution in [2.75, 3.05) is 18.0 Å². The van der Waals surface area contributed by atoms with Crippen molar-refractivity contribution in [1.29, 1.82) is 5.26 Å². The van der Waals surface area contributed by atoms with Crippen molar-refractivity contribution in [2.24, 2.45) is 5.92 Å². The summed E-state index contributed by atoms with van der Waals surface area (Å²) in [7, 11) is 0. The van der Waals surface area contributed by atoms with Gasteiger partial charge in [-0.05, 0) is 18.6 Å². The molecule has 0 aromatic heterocycles. The molecule has 1 aliphatic heterocycles. The second-order valence-corrected chi connectivity index (χ2v) is 4.27. The van der Waals surface area contributed by atoms with Crippen LogP contribution < -0.4 is 4.90 Å². The first-order valence-corrected chi connectivity index (χ1v) is 5.71. The van der Waals surface area contributed by atoms with E-state index < -0.39 is 4.92 Å². The minimum absolute atomic E-state index is 0.0485. The summed E-state index contributed by atoms with van der Waals surface area (Å²) >= 11 is 0. The highest BCUT2D eigenvalue weighted by Crippen LogP contribution is 2.29. The van der Waals surface area contributed by atoms with E-state index in [1.165, 1.54) is 12.1 Å². The lowest BCUT2D eigenvalue weighted by Gasteiger charge is -2.18. The molecular weight excluding hydrogens is 230 g/mol. The molecule has 1 aromatic rings. The molecule has 1 fully saturated rings. The second-order valence-electron chi connectivity index (χ2n) is 4.27. The zero-order valence-electron chi connectivity index (χ0n) is 9.87. The van der Waals surface area contributed by atoms with Crippen molar-refractivity contribution >= 4 is 17.5 Å². The summed E-state index contributed by atoms with van der Waals surface area (Å²) < 4.78 is 0. The molecule has 0 radical (unpaired) electrons. The van der Waals surface area contributed by atoms with E-state index in [0.29, 0.717) is 12.1 Å². The molecule has 1 atom stereocenters. The molecular formula is C13H13N3O2. The summed E-state index contributed by atoms with van der Waals surface area (Å²) in [5, 5.41) is 19.7. The van der Waals surface area contributed by atoms with Gasteiger partial charge in [0.05, 0.1) is 22.5 Å². The van der Waals surface area contributed by atoms with Crippen LogP contribution in [0.3, 0.4) is 0 Å². The molecule has 0 N–H and O–H groups in total. The van der Waals surface area contributed by atoms with Gasteiger partial charge in [0.2, 0.25) is 0 Å². The maximum Gasteiger partial charge on any atom is 0.276 e. The second kappa shape index (κ2) is 4.88. The van der Waals surface area contributed by atoms with Crippen LogP contribution in [0.15, 0.2) is 24.8 Å². The summed E-state index contributed by atoms with van der Waals surface area (Å²) in [4.78, 5) is 12.5. The lowest BCUT2D eigenvalue weighted by Crippen LogP contribution is -2.19. The minimum atomic E-state index is -0.414. The van der Waals surface area contributed by atoms with E-state index in [2.05, 4.69) is 17.5 Å². The summed E-state index contributed by atoms with van der Waals surface area (Å²) in [6, 6.07) is 7.23. The van der Waals surface area contributed by atoms with Crippen molar-refractivity contribution in [2.45, 2.75) is 6.42 Å². The standard InChI is InChI=1S/C13H13N3O2/c1-2-11-7-12(3-4-13(11)16(17)18)15-6-5-10(8-14)9-15/h2-4,7,10H,1,5-6,9H2/t10-/m0/s1. The van der Waals surface area contributed by atoms with Gasteiger partial charge < -0.3 is 4.90 Å². The van der Waals surface area contributed by atoms with Gasteiger partial charge >= 0.3 is 0 Å². The van der Waals surface area contributed by atoms with E-state index in [-0.39, 0.29) is 11.6 Å². The molecule has 1 saturated heterocycles. The Hall–Kier alpha value is -2.35. The SMILES string of the molecule is C=Cc1cc(N2CC[C@@H](C#N)C2)ccc1[N+](=O)[O-]. The Morgan fingerprint density at radius 1 is 1.61 bits per heavy atom. The van der Waals surface area contributed by atoms with Gasteiger partial charge in [0.25, 0.3) is 5.69 Å². The summed E-state index contributed by atoms with van der Waals surface area (Å²) in [5.41, 5.74) is 1.48. The zero-order chi connectivity index (χ0) is 13.1. The molecule has 0 bridgehead atoms. The third-order valence-corrected chi connectivity index (χ3v) is 3.16. The third-order valence-electron chi connectivity index (χ3n) is 3.16. The average molecular weight is 243 g/mol. The molecule has 0 saturated carbocycles. The summed E-state index contributed by atoms with van der Waals surface area (Å²) in [5.74, 6) is 0.0485. The summed E-state index contributed by atoms with van der Waals surface area (Å²) in [6.45, 7) is 5.10. The molecule has 5 heteroatoms. The van der Waals surface area contributed by atoms with Crippen molar-refractivity contribution in [1.82, 2.24) is 0 Å². The van der Waals surface area contributed by atoms with Gasteiger partial charge in [-0.1, -0.05) is 12.7 Å². The number of nitro benzene ring substituents is 1. The van der Waals surface area contributed by atoms with Crippen LogP contribution in [0, 0.1) is 27.4 Å². The highest BCUT2D eigenvalue weighted by Gasteiger charge is 2.23. The van der Waals surface area contributed by atoms with Crippen LogP contribution in [-0.4, -0.2) is 18.0 Å². The van der Waals surface area contributed by atoms with Crippen molar-refractivity contribution in [3.63, 3.8) is 0 Å². The number of benzene rings is 1. The number of nitro groups is 1. The highest BCUT2D eigenvalue weighted by atomic mass is 16.6. The minimum Gasteiger partial charge on any atom is -0.370 e. The Kier molecular flexibility index (Phi) is 3.28. The largest absolute Gasteiger partial charge is 0.370 e. The first kappa shape index (κ1) is 12.1. The average Bonchev–Trinajstić information content (AvgIpc) is 2.86. The molecule has 0 unspecified atom stereocenters. The van der Waals surface area contributed by atoms with E-state index in [1.807, 2.05) is 0 Å². The monoisotopic (exact) mass is 243 g/mol. The molecule has 0 spiro atoms. The van der Waals surface area contributed by atoms with E-state index in [0.717, 1.165) is 18.7 Å². The maximum absolute atomic E-state index is 10.8. The molecule has 5 nitrogen and oxygen atoms in total. The summed E-state index contributed by atoms with van der Waals surface area (Å²) in [6.07, 6.45) is 2.33. The molecule has 2 rings (SSSR count). The van der Waals surface area contributed by atoms with Gasteiger partial charge in [0.1, 0.15) is 0 Å². The number of anilines is 1. The lowest BCUT2D eigenvalue weighted by molar-refractivity contribution is -0.385. The van der Waals surface area contributed by atoms with Gasteiger partial charge in [-0.2, -0.15) is 5.26 Å². The van der Waals surface area contributed by atoms with Gasteiger partial charge in [-0.15, -0.1) is 0 Å². The fourth-order valence-electron chi connectivity index (χ4n) is 2.17. The van der Waals surface area contributed by atoms with Gasteiger partial charge in [-0.25, -0.2) is 0 Å². The Morgan fingerprint density at radius 3 is 2.94 bits per heavy atom. The van der Waals surface area contributed by atoms with Gasteiger partial charge in [-0.3, -0.25) is 10.1 Å². The molecule has 1 aliphatic rings. The maximum atomic E-state index is 10.8. The highest BCUT2D eigenvalue weighted by molar-refractivity contribution is 5.66. The molecule has 0 aliphatic carbocycles. The third kappa shape index (κ3) is 2.18. The van der Waals surface area contributed by atoms with Crippen LogP contribution in [-0.2, 0) is 0 Å². The molecule has 18 heavy (non-hydrogen) atoms. The quantitative estimate of drug-likeness (QED) is 0.604. The van der Waals surface area contributed by atoms with Crippen LogP contribution in [0.4, 0.5) is 11.4 Å². The van der Waals surface area contributed by atoms with Gasteiger partial charge in [0.15, 0.2) is 0 Å². The predicted octanol–water partition coefficient (Wildman–Crippen LogP) is 2.59. The van der Waals surface area contributed by atoms with Gasteiger partial charge in [0, 0.05) is 24.8 Å². The van der Waals surface area contributed by atoms with E-state index in [4.69, 9.17) is 5.26 Å². The van der Waals surface area contributed by atoms with Crippen molar-refractivity contribution in [3.8, 4) is 6.07 Å². The van der Waals surface area contributed by atoms with E-state index in [1.54, 1.807) is 12.1 Å². The predicted molar refractivity (Wildman–Crippen MR) is 69.1 cm³/mol. The topological polar surface area (TPSA) is 70.2 Å². The normalized spacial score (nSPS) is 18.4. The lowest BCUT2D eigenvalue weighted by atomic mass is 10.1. The van der Waals surface area contributed by atoms with Crippen molar-refractivity contribution < 1.29 is 4.92 Å². The van der Waals surface area contributed by atoms with Crippen LogP contribution in [0.1, 0.15) is 12.0 Å². The fourth-order valence-corrected chi connectivity index (χ4v) is 2.17. The molecule has 1 aromatic carbocycles. The Bertz CT molecular complexity index is 534. The number of nitriles is 1. The molecule has 92 valence electrons. The zero-order valence-corrected chi connectivity index (χ0v) is 9.87. The molecule has 0 amide bonds. The number of nitrogens with zero attached hydrogens (tertiary/aromatic N) is 3. The van der Waals surface area contributed by atoms with Crippen LogP contribution in [0.25, 0.3) is 6.08 Å². The first-order valence-electron chi connectivity index (χ1n) is 5.71. The Labute approximate surface area is 105 Å².